The molecule has 3 fully saturated rings. The van der Waals surface area contributed by atoms with Gasteiger partial charge in [0.15, 0.2) is 0 Å². The molecule has 6 heteroatoms. The minimum absolute atomic E-state index is 0.298. The van der Waals surface area contributed by atoms with E-state index in [1.807, 2.05) is 6.20 Å². The maximum absolute atomic E-state index is 6.55. The smallest absolute Gasteiger partial charge is 0.399 e. The average Bonchev–Trinajstić information content (AvgIpc) is 3.73. The summed E-state index contributed by atoms with van der Waals surface area (Å²) in [7, 11) is -0.302. The number of nitrogens with zero attached hydrogens (tertiary/aromatic N) is 1. The number of aromatic nitrogens is 2. The molecular formula is C33H42BN3O2. The number of hydrogen-bond donors (Lipinski definition) is 2. The second kappa shape index (κ2) is 9.05. The Morgan fingerprint density at radius 3 is 2.26 bits per heavy atom. The van der Waals surface area contributed by atoms with Crippen LogP contribution in [0.3, 0.4) is 0 Å². The zero-order valence-corrected chi connectivity index (χ0v) is 24.2. The van der Waals surface area contributed by atoms with E-state index in [9.17, 15) is 0 Å². The van der Waals surface area contributed by atoms with Crippen molar-refractivity contribution in [2.45, 2.75) is 102 Å². The number of imidazole rings is 1. The minimum Gasteiger partial charge on any atom is -0.399 e. The highest BCUT2D eigenvalue weighted by Gasteiger charge is 2.53. The Bertz CT molecular complexity index is 1370. The van der Waals surface area contributed by atoms with E-state index < -0.39 is 0 Å². The molecule has 2 aromatic carbocycles. The molecule has 2 aliphatic heterocycles. The molecule has 0 amide bonds. The lowest BCUT2D eigenvalue weighted by atomic mass is 9.70. The third kappa shape index (κ3) is 4.13. The molecule has 1 spiro atoms. The second-order valence-corrected chi connectivity index (χ2v) is 13.7. The van der Waals surface area contributed by atoms with Gasteiger partial charge in [-0.15, -0.1) is 0 Å². The zero-order chi connectivity index (χ0) is 27.0. The summed E-state index contributed by atoms with van der Waals surface area (Å²) in [6.07, 6.45) is 10.7. The Kier molecular flexibility index (Phi) is 5.93. The van der Waals surface area contributed by atoms with Crippen molar-refractivity contribution < 1.29 is 9.31 Å². The highest BCUT2D eigenvalue weighted by Crippen LogP contribution is 2.53. The Hall–Kier alpha value is -2.41. The number of aromatic amines is 1. The van der Waals surface area contributed by atoms with E-state index in [0.717, 1.165) is 30.9 Å². The predicted octanol–water partition coefficient (Wildman–Crippen LogP) is 6.47. The topological polar surface area (TPSA) is 59.2 Å². The van der Waals surface area contributed by atoms with Crippen LogP contribution in [-0.4, -0.2) is 34.8 Å². The van der Waals surface area contributed by atoms with E-state index in [1.165, 1.54) is 59.8 Å². The highest BCUT2D eigenvalue weighted by atomic mass is 16.7. The summed E-state index contributed by atoms with van der Waals surface area (Å²) in [6.45, 7) is 12.0. The fourth-order valence-corrected chi connectivity index (χ4v) is 7.62. The standard InChI is InChI=1S/C33H42BN3O2/c1-21-18-27(35-19-21)30-36-20-28(37-30)23-10-8-22(9-11-23)24-12-13-26(34-38-31(2,3)32(4,5)39-34)25-14-17-33(29(24)25)15-6-7-16-33/h8-13,20-21,27,35H,6-7,14-19H2,1-5H3,(H,36,37)/t21-,27-/m0/s1. The van der Waals surface area contributed by atoms with Crippen LogP contribution in [0.25, 0.3) is 22.4 Å². The molecule has 204 valence electrons. The number of nitrogens with one attached hydrogen (secondary N) is 2. The third-order valence-corrected chi connectivity index (χ3v) is 10.6. The van der Waals surface area contributed by atoms with Gasteiger partial charge < -0.3 is 19.6 Å². The molecule has 7 rings (SSSR count). The summed E-state index contributed by atoms with van der Waals surface area (Å²) in [5.74, 6) is 1.75. The SMILES string of the molecule is C[C@@H]1CN[C@H](c2ncc(-c3ccc(-c4ccc(B5OC(C)(C)C(C)(C)O5)c5c4C4(CCCC4)CC5)cc3)[nH]2)C1. The van der Waals surface area contributed by atoms with Crippen LogP contribution in [0, 0.1) is 5.92 Å². The maximum Gasteiger partial charge on any atom is 0.495 e. The second-order valence-electron chi connectivity index (χ2n) is 13.7. The van der Waals surface area contributed by atoms with E-state index in [1.54, 1.807) is 5.56 Å². The molecule has 3 aromatic rings. The van der Waals surface area contributed by atoms with Crippen molar-refractivity contribution in [3.05, 3.63) is 59.5 Å². The molecule has 1 saturated carbocycles. The van der Waals surface area contributed by atoms with Crippen molar-refractivity contribution in [1.29, 1.82) is 0 Å². The predicted molar refractivity (Wildman–Crippen MR) is 158 cm³/mol. The van der Waals surface area contributed by atoms with Crippen LogP contribution in [0.15, 0.2) is 42.6 Å². The third-order valence-electron chi connectivity index (χ3n) is 10.6. The van der Waals surface area contributed by atoms with Gasteiger partial charge in [-0.1, -0.05) is 56.2 Å². The molecule has 0 unspecified atom stereocenters. The summed E-state index contributed by atoms with van der Waals surface area (Å²) >= 11 is 0. The van der Waals surface area contributed by atoms with Crippen molar-refractivity contribution in [2.24, 2.45) is 5.92 Å². The molecular weight excluding hydrogens is 481 g/mol. The van der Waals surface area contributed by atoms with Gasteiger partial charge in [0.05, 0.1) is 29.1 Å². The first-order valence-corrected chi connectivity index (χ1v) is 15.1. The van der Waals surface area contributed by atoms with Crippen LogP contribution >= 0.6 is 0 Å². The highest BCUT2D eigenvalue weighted by molar-refractivity contribution is 6.62. The Balaban J connectivity index is 1.23. The molecule has 3 heterocycles. The summed E-state index contributed by atoms with van der Waals surface area (Å²) in [5.41, 5.74) is 8.90. The van der Waals surface area contributed by atoms with Gasteiger partial charge >= 0.3 is 7.12 Å². The Morgan fingerprint density at radius 2 is 1.59 bits per heavy atom. The van der Waals surface area contributed by atoms with Crippen LogP contribution in [0.5, 0.6) is 0 Å². The number of benzene rings is 2. The van der Waals surface area contributed by atoms with Crippen LogP contribution in [0.2, 0.25) is 0 Å². The van der Waals surface area contributed by atoms with Crippen LogP contribution in [-0.2, 0) is 21.1 Å². The van der Waals surface area contributed by atoms with Gasteiger partial charge in [0, 0.05) is 0 Å². The molecule has 39 heavy (non-hydrogen) atoms. The first-order valence-electron chi connectivity index (χ1n) is 15.1. The fraction of sp³-hybridized carbons (Fsp3) is 0.545. The van der Waals surface area contributed by atoms with E-state index >= 15 is 0 Å². The van der Waals surface area contributed by atoms with E-state index in [-0.39, 0.29) is 18.3 Å². The summed E-state index contributed by atoms with van der Waals surface area (Å²) in [6, 6.07) is 14.1. The van der Waals surface area contributed by atoms with Gasteiger partial charge in [-0.25, -0.2) is 4.98 Å². The monoisotopic (exact) mass is 523 g/mol. The van der Waals surface area contributed by atoms with Crippen molar-refractivity contribution >= 4 is 12.6 Å². The lowest BCUT2D eigenvalue weighted by Crippen LogP contribution is -2.41. The van der Waals surface area contributed by atoms with Crippen molar-refractivity contribution in [3.63, 3.8) is 0 Å². The van der Waals surface area contributed by atoms with Crippen molar-refractivity contribution in [1.82, 2.24) is 15.3 Å². The Morgan fingerprint density at radius 1 is 0.897 bits per heavy atom. The molecule has 1 aromatic heterocycles. The van der Waals surface area contributed by atoms with Gasteiger partial charge in [-0.2, -0.15) is 0 Å². The average molecular weight is 524 g/mol. The molecule has 0 radical (unpaired) electrons. The number of H-pyrrole nitrogens is 1. The number of rotatable bonds is 4. The quantitative estimate of drug-likeness (QED) is 0.385. The lowest BCUT2D eigenvalue weighted by Gasteiger charge is -2.32. The molecule has 2 aliphatic carbocycles. The van der Waals surface area contributed by atoms with Gasteiger partial charge in [0.1, 0.15) is 5.82 Å². The largest absolute Gasteiger partial charge is 0.495 e. The van der Waals surface area contributed by atoms with E-state index in [4.69, 9.17) is 14.3 Å². The summed E-state index contributed by atoms with van der Waals surface area (Å²) in [4.78, 5) is 8.29. The summed E-state index contributed by atoms with van der Waals surface area (Å²) < 4.78 is 13.1. The maximum atomic E-state index is 6.55. The molecule has 5 nitrogen and oxygen atoms in total. The van der Waals surface area contributed by atoms with Crippen LogP contribution in [0.4, 0.5) is 0 Å². The van der Waals surface area contributed by atoms with Gasteiger partial charge in [0.25, 0.3) is 0 Å². The first kappa shape index (κ1) is 25.6. The first-order chi connectivity index (χ1) is 18.7. The van der Waals surface area contributed by atoms with E-state index in [2.05, 4.69) is 81.3 Å². The molecule has 2 atom stereocenters. The molecule has 2 N–H and O–H groups in total. The fourth-order valence-electron chi connectivity index (χ4n) is 7.62. The Labute approximate surface area is 233 Å². The van der Waals surface area contributed by atoms with Crippen molar-refractivity contribution in [3.8, 4) is 22.4 Å². The van der Waals surface area contributed by atoms with Gasteiger partial charge in [0.2, 0.25) is 0 Å². The van der Waals surface area contributed by atoms with Gasteiger partial charge in [-0.05, 0) is 111 Å². The van der Waals surface area contributed by atoms with Crippen LogP contribution < -0.4 is 10.8 Å². The molecule has 0 bridgehead atoms. The summed E-state index contributed by atoms with van der Waals surface area (Å²) in [5, 5.41) is 3.59. The van der Waals surface area contributed by atoms with E-state index in [0.29, 0.717) is 17.4 Å². The molecule has 4 aliphatic rings. The normalized spacial score (nSPS) is 26.5. The zero-order valence-electron chi connectivity index (χ0n) is 24.2. The number of fused-ring (bicyclic) bond motifs is 2. The minimum atomic E-state index is -0.332. The molecule has 2 saturated heterocycles. The van der Waals surface area contributed by atoms with Crippen LogP contribution in [0.1, 0.15) is 96.1 Å². The number of hydrogen-bond acceptors (Lipinski definition) is 4. The lowest BCUT2D eigenvalue weighted by molar-refractivity contribution is 0.00578. The van der Waals surface area contributed by atoms with Crippen molar-refractivity contribution in [2.75, 3.05) is 6.54 Å². The van der Waals surface area contributed by atoms with Gasteiger partial charge in [-0.3, -0.25) is 0 Å².